The van der Waals surface area contributed by atoms with Crippen LogP contribution in [0.1, 0.15) is 22.9 Å². The van der Waals surface area contributed by atoms with Crippen LogP contribution >= 0.6 is 7.82 Å². The molecule has 11 nitrogen and oxygen atoms in total. The van der Waals surface area contributed by atoms with Gasteiger partial charge in [0.15, 0.2) is 6.23 Å². The molecule has 0 spiro atoms. The lowest BCUT2D eigenvalue weighted by atomic mass is 10.1. The van der Waals surface area contributed by atoms with E-state index >= 15 is 4.39 Å². The van der Waals surface area contributed by atoms with Crippen LogP contribution in [0.3, 0.4) is 0 Å². The number of rotatable bonds is 4. The van der Waals surface area contributed by atoms with E-state index in [1.807, 2.05) is 24.9 Å². The molecule has 1 unspecified atom stereocenters. The van der Waals surface area contributed by atoms with E-state index < -0.39 is 50.0 Å². The first-order valence-electron chi connectivity index (χ1n) is 9.24. The van der Waals surface area contributed by atoms with E-state index in [4.69, 9.17) is 18.3 Å². The maximum absolute atomic E-state index is 15.3. The van der Waals surface area contributed by atoms with Gasteiger partial charge in [-0.3, -0.25) is 23.4 Å². The number of nitrogens with zero attached hydrogens (tertiary/aromatic N) is 1. The number of H-pyrrole nitrogens is 1. The van der Waals surface area contributed by atoms with Crippen LogP contribution in [0.15, 0.2) is 34.0 Å². The zero-order valence-electron chi connectivity index (χ0n) is 16.5. The first kappa shape index (κ1) is 21.9. The highest BCUT2D eigenvalue weighted by Crippen LogP contribution is 2.56. The number of aryl methyl sites for hydroxylation is 2. The Hall–Kier alpha value is -2.34. The Morgan fingerprint density at radius 1 is 1.35 bits per heavy atom. The van der Waals surface area contributed by atoms with Crippen LogP contribution in [-0.2, 0) is 25.0 Å². The molecule has 1 saturated heterocycles. The second-order valence-corrected chi connectivity index (χ2v) is 8.98. The summed E-state index contributed by atoms with van der Waals surface area (Å²) in [4.78, 5) is 25.0. The molecule has 0 amide bonds. The van der Waals surface area contributed by atoms with Crippen LogP contribution in [0.2, 0.25) is 0 Å². The summed E-state index contributed by atoms with van der Waals surface area (Å²) in [5, 5.41) is 20.3. The zero-order chi connectivity index (χ0) is 22.6. The van der Waals surface area contributed by atoms with Crippen molar-refractivity contribution in [1.29, 1.82) is 0 Å². The molecular formula is C18H20FN2O9P. The maximum atomic E-state index is 15.3. The van der Waals surface area contributed by atoms with E-state index in [-0.39, 0.29) is 12.4 Å². The lowest BCUT2D eigenvalue weighted by molar-refractivity contribution is -0.205. The fourth-order valence-corrected chi connectivity index (χ4v) is 4.67. The van der Waals surface area contributed by atoms with Gasteiger partial charge in [-0.2, -0.15) is 0 Å². The molecule has 1 fully saturated rings. The molecule has 0 saturated carbocycles. The third-order valence-corrected chi connectivity index (χ3v) is 6.38. The van der Waals surface area contributed by atoms with Crippen LogP contribution in [0, 0.1) is 13.8 Å². The van der Waals surface area contributed by atoms with Crippen molar-refractivity contribution in [3.05, 3.63) is 61.9 Å². The van der Waals surface area contributed by atoms with Gasteiger partial charge in [0, 0.05) is 17.8 Å². The van der Waals surface area contributed by atoms with Crippen LogP contribution in [-0.4, -0.2) is 44.4 Å². The third kappa shape index (κ3) is 3.98. The second kappa shape index (κ2) is 7.66. The number of aliphatic hydroxyl groups excluding tert-OH is 2. The van der Waals surface area contributed by atoms with Crippen molar-refractivity contribution in [3.8, 4) is 5.75 Å². The highest BCUT2D eigenvalue weighted by atomic mass is 31.2. The highest BCUT2D eigenvalue weighted by Gasteiger charge is 2.57. The number of phosphoric acid groups is 1. The van der Waals surface area contributed by atoms with Gasteiger partial charge in [0.2, 0.25) is 0 Å². The summed E-state index contributed by atoms with van der Waals surface area (Å²) in [6.45, 7) is 2.42. The largest absolute Gasteiger partial charge is 0.530 e. The Morgan fingerprint density at radius 3 is 2.81 bits per heavy atom. The van der Waals surface area contributed by atoms with E-state index in [0.717, 1.165) is 23.4 Å². The molecule has 3 heterocycles. The predicted octanol–water partition coefficient (Wildman–Crippen LogP) is 0.804. The molecule has 31 heavy (non-hydrogen) atoms. The predicted molar refractivity (Wildman–Crippen MR) is 102 cm³/mol. The van der Waals surface area contributed by atoms with E-state index in [9.17, 15) is 24.4 Å². The smallest absolute Gasteiger partial charge is 0.404 e. The Kier molecular flexibility index (Phi) is 5.41. The summed E-state index contributed by atoms with van der Waals surface area (Å²) in [6.07, 6.45) is -4.75. The standard InChI is InChI=1S/C18H20FN2O9P/c1-9-5-10(2)11-7-27-31(26,30-12(11)6-9)28-8-18(19)15(24)14(23)16(29-18)21-4-3-13(22)20-17(21)25/h3-6,14-16,23-24H,7-8H2,1-2H3,(H,20,22,25)/t14-,15+,16-,18-,31?/m1/s1. The average molecular weight is 458 g/mol. The maximum Gasteiger partial charge on any atom is 0.530 e. The number of aromatic amines is 1. The van der Waals surface area contributed by atoms with E-state index in [0.29, 0.717) is 10.1 Å². The molecule has 1 aromatic heterocycles. The minimum atomic E-state index is -4.26. The SMILES string of the molecule is Cc1cc(C)c2c(c1)OP(=O)(OC[C@@]1(F)O[C@@H](n3ccc(=O)[nH]c3=O)[C@H](O)[C@@H]1O)OC2. The minimum Gasteiger partial charge on any atom is -0.404 e. The van der Waals surface area contributed by atoms with Gasteiger partial charge in [-0.1, -0.05) is 6.07 Å². The number of phosphoric ester groups is 1. The Labute approximate surface area is 174 Å². The molecule has 168 valence electrons. The summed E-state index contributed by atoms with van der Waals surface area (Å²) >= 11 is 0. The number of ether oxygens (including phenoxy) is 1. The summed E-state index contributed by atoms with van der Waals surface area (Å²) in [7, 11) is -4.26. The highest BCUT2D eigenvalue weighted by molar-refractivity contribution is 7.49. The normalized spacial score (nSPS) is 32.5. The molecule has 0 radical (unpaired) electrons. The molecule has 5 atom stereocenters. The molecule has 1 aromatic carbocycles. The number of fused-ring (bicyclic) bond motifs is 1. The third-order valence-electron chi connectivity index (χ3n) is 5.07. The minimum absolute atomic E-state index is 0.0978. The van der Waals surface area contributed by atoms with Crippen LogP contribution in [0.25, 0.3) is 0 Å². The molecule has 2 aliphatic rings. The van der Waals surface area contributed by atoms with Gasteiger partial charge < -0.3 is 19.5 Å². The first-order chi connectivity index (χ1) is 14.5. The molecule has 2 aromatic rings. The summed E-state index contributed by atoms with van der Waals surface area (Å²) < 4.78 is 49.4. The Bertz CT molecular complexity index is 1180. The number of hydrogen-bond acceptors (Lipinski definition) is 9. The molecule has 2 aliphatic heterocycles. The first-order valence-corrected chi connectivity index (χ1v) is 10.7. The Balaban J connectivity index is 1.52. The molecule has 0 aliphatic carbocycles. The van der Waals surface area contributed by atoms with Crippen LogP contribution < -0.4 is 15.8 Å². The number of hydrogen-bond donors (Lipinski definition) is 3. The van der Waals surface area contributed by atoms with Gasteiger partial charge >= 0.3 is 13.5 Å². The van der Waals surface area contributed by atoms with E-state index in [1.165, 1.54) is 0 Å². The van der Waals surface area contributed by atoms with Gasteiger partial charge in [-0.25, -0.2) is 13.8 Å². The molecule has 13 heteroatoms. The van der Waals surface area contributed by atoms with Crippen LogP contribution in [0.4, 0.5) is 4.39 Å². The van der Waals surface area contributed by atoms with Crippen molar-refractivity contribution in [1.82, 2.24) is 9.55 Å². The quantitative estimate of drug-likeness (QED) is 0.566. The molecule has 3 N–H and O–H groups in total. The monoisotopic (exact) mass is 458 g/mol. The number of nitrogens with one attached hydrogen (secondary N) is 1. The number of halogens is 1. The topological polar surface area (TPSA) is 149 Å². The van der Waals surface area contributed by atoms with Crippen molar-refractivity contribution in [2.75, 3.05) is 6.61 Å². The second-order valence-electron chi connectivity index (χ2n) is 7.39. The lowest BCUT2D eigenvalue weighted by Crippen LogP contribution is -2.43. The Morgan fingerprint density at radius 2 is 2.10 bits per heavy atom. The van der Waals surface area contributed by atoms with Crippen molar-refractivity contribution in [2.45, 2.75) is 44.7 Å². The van der Waals surface area contributed by atoms with Crippen molar-refractivity contribution >= 4 is 7.82 Å². The van der Waals surface area contributed by atoms with Gasteiger partial charge in [-0.05, 0) is 31.0 Å². The zero-order valence-corrected chi connectivity index (χ0v) is 17.4. The van der Waals surface area contributed by atoms with Crippen molar-refractivity contribution < 1.29 is 37.5 Å². The number of aromatic nitrogens is 2. The van der Waals surface area contributed by atoms with E-state index in [1.54, 1.807) is 6.07 Å². The molecule has 0 bridgehead atoms. The fourth-order valence-electron chi connectivity index (χ4n) is 3.47. The van der Waals surface area contributed by atoms with Gasteiger partial charge in [0.1, 0.15) is 24.6 Å². The summed E-state index contributed by atoms with van der Waals surface area (Å²) in [5.74, 6) is -2.78. The lowest BCUT2D eigenvalue weighted by Gasteiger charge is -2.29. The van der Waals surface area contributed by atoms with Gasteiger partial charge in [0.25, 0.3) is 11.4 Å². The van der Waals surface area contributed by atoms with Gasteiger partial charge in [0.05, 0.1) is 6.61 Å². The number of aliphatic hydroxyl groups is 2. The number of alkyl halides is 1. The van der Waals surface area contributed by atoms with Gasteiger partial charge in [-0.15, -0.1) is 0 Å². The van der Waals surface area contributed by atoms with E-state index in [2.05, 4.69) is 0 Å². The number of benzene rings is 1. The summed E-state index contributed by atoms with van der Waals surface area (Å²) in [6, 6.07) is 4.49. The van der Waals surface area contributed by atoms with Crippen LogP contribution in [0.5, 0.6) is 5.75 Å². The average Bonchev–Trinajstić information content (AvgIpc) is 2.91. The molecule has 4 rings (SSSR count). The molecular weight excluding hydrogens is 438 g/mol. The van der Waals surface area contributed by atoms with Crippen molar-refractivity contribution in [3.63, 3.8) is 0 Å². The summed E-state index contributed by atoms with van der Waals surface area (Å²) in [5.41, 5.74) is 0.678. The fraction of sp³-hybridized carbons (Fsp3) is 0.444. The van der Waals surface area contributed by atoms with Crippen molar-refractivity contribution in [2.24, 2.45) is 0 Å².